The van der Waals surface area contributed by atoms with Gasteiger partial charge >= 0.3 is 5.97 Å². The summed E-state index contributed by atoms with van der Waals surface area (Å²) < 4.78 is 15.1. The van der Waals surface area contributed by atoms with Crippen LogP contribution in [-0.4, -0.2) is 24.7 Å². The van der Waals surface area contributed by atoms with E-state index < -0.39 is 11.6 Å². The van der Waals surface area contributed by atoms with Gasteiger partial charge in [-0.3, -0.25) is 0 Å². The fourth-order valence-corrected chi connectivity index (χ4v) is 1.02. The highest BCUT2D eigenvalue weighted by molar-refractivity contribution is 5.91. The third-order valence-corrected chi connectivity index (χ3v) is 2.15. The summed E-state index contributed by atoms with van der Waals surface area (Å²) in [6, 6.07) is 0. The molecule has 1 aromatic heterocycles. The molecule has 1 aromatic rings. The van der Waals surface area contributed by atoms with E-state index in [9.17, 15) is 4.79 Å². The average Bonchev–Trinajstić information content (AvgIpc) is 2.61. The Kier molecular flexibility index (Phi) is 3.54. The Morgan fingerprint density at radius 1 is 1.56 bits per heavy atom. The second-order valence-corrected chi connectivity index (χ2v) is 3.67. The van der Waals surface area contributed by atoms with E-state index in [4.69, 9.17) is 19.6 Å². The Balaban J connectivity index is 3.03. The Morgan fingerprint density at radius 2 is 2.19 bits per heavy atom. The molecule has 6 nitrogen and oxygen atoms in total. The van der Waals surface area contributed by atoms with Crippen LogP contribution in [0.1, 0.15) is 37.2 Å². The molecule has 0 amide bonds. The number of nitrogens with two attached hydrogens (primary N) is 1. The predicted molar refractivity (Wildman–Crippen MR) is 56.9 cm³/mol. The lowest BCUT2D eigenvalue weighted by atomic mass is 10.1. The number of aromatic nitrogens is 1. The molecule has 0 saturated carbocycles. The van der Waals surface area contributed by atoms with Crippen LogP contribution in [0.2, 0.25) is 0 Å². The predicted octanol–water partition coefficient (Wildman–Crippen LogP) is 1.31. The van der Waals surface area contributed by atoms with Crippen molar-refractivity contribution in [3.63, 3.8) is 0 Å². The highest BCUT2D eigenvalue weighted by Gasteiger charge is 2.29. The van der Waals surface area contributed by atoms with Gasteiger partial charge in [0.15, 0.2) is 0 Å². The number of hydrogen-bond acceptors (Lipinski definition) is 6. The number of methoxy groups -OCH3 is 1. The van der Waals surface area contributed by atoms with Crippen molar-refractivity contribution in [2.24, 2.45) is 0 Å². The lowest BCUT2D eigenvalue weighted by Gasteiger charge is -2.17. The van der Waals surface area contributed by atoms with Crippen molar-refractivity contribution < 1.29 is 18.7 Å². The largest absolute Gasteiger partial charge is 0.461 e. The van der Waals surface area contributed by atoms with Crippen LogP contribution in [0.4, 0.5) is 5.88 Å². The number of ether oxygens (including phenoxy) is 2. The van der Waals surface area contributed by atoms with E-state index in [0.717, 1.165) is 0 Å². The van der Waals surface area contributed by atoms with Crippen LogP contribution in [-0.2, 0) is 15.1 Å². The minimum absolute atomic E-state index is 0.0121. The molecular formula is C10H16N2O4. The van der Waals surface area contributed by atoms with E-state index in [-0.39, 0.29) is 24.1 Å². The van der Waals surface area contributed by atoms with Gasteiger partial charge in [-0.1, -0.05) is 0 Å². The molecule has 0 fully saturated rings. The summed E-state index contributed by atoms with van der Waals surface area (Å²) in [5.41, 5.74) is 4.79. The average molecular weight is 228 g/mol. The lowest BCUT2D eigenvalue weighted by molar-refractivity contribution is -0.00311. The van der Waals surface area contributed by atoms with Crippen LogP contribution < -0.4 is 5.73 Å². The number of carbonyl (C=O) groups excluding carboxylic acids is 1. The lowest BCUT2D eigenvalue weighted by Crippen LogP contribution is -2.20. The molecule has 2 N–H and O–H groups in total. The zero-order valence-electron chi connectivity index (χ0n) is 9.86. The first kappa shape index (κ1) is 12.5. The van der Waals surface area contributed by atoms with Gasteiger partial charge in [0.05, 0.1) is 6.61 Å². The van der Waals surface area contributed by atoms with Gasteiger partial charge in [0.2, 0.25) is 17.5 Å². The zero-order valence-corrected chi connectivity index (χ0v) is 9.86. The van der Waals surface area contributed by atoms with E-state index in [1.807, 2.05) is 0 Å². The van der Waals surface area contributed by atoms with Crippen LogP contribution in [0, 0.1) is 0 Å². The Bertz CT molecular complexity index is 384. The molecule has 16 heavy (non-hydrogen) atoms. The molecule has 0 saturated heterocycles. The van der Waals surface area contributed by atoms with E-state index >= 15 is 0 Å². The summed E-state index contributed by atoms with van der Waals surface area (Å²) >= 11 is 0. The molecule has 0 unspecified atom stereocenters. The van der Waals surface area contributed by atoms with E-state index in [0.29, 0.717) is 0 Å². The maximum Gasteiger partial charge on any atom is 0.362 e. The van der Waals surface area contributed by atoms with Crippen LogP contribution in [0.15, 0.2) is 4.42 Å². The van der Waals surface area contributed by atoms with Gasteiger partial charge < -0.3 is 19.6 Å². The van der Waals surface area contributed by atoms with Crippen LogP contribution >= 0.6 is 0 Å². The van der Waals surface area contributed by atoms with Crippen molar-refractivity contribution >= 4 is 11.9 Å². The fraction of sp³-hybridized carbons (Fsp3) is 0.600. The van der Waals surface area contributed by atoms with Gasteiger partial charge in [-0.2, -0.15) is 0 Å². The number of carbonyl (C=O) groups is 1. The minimum Gasteiger partial charge on any atom is -0.461 e. The molecule has 0 atom stereocenters. The molecule has 0 aliphatic rings. The van der Waals surface area contributed by atoms with Crippen LogP contribution in [0.5, 0.6) is 0 Å². The van der Waals surface area contributed by atoms with Gasteiger partial charge in [-0.25, -0.2) is 9.78 Å². The molecular weight excluding hydrogens is 212 g/mol. The molecule has 6 heteroatoms. The highest BCUT2D eigenvalue weighted by atomic mass is 16.5. The van der Waals surface area contributed by atoms with Crippen molar-refractivity contribution in [3.05, 3.63) is 11.6 Å². The van der Waals surface area contributed by atoms with E-state index in [2.05, 4.69) is 4.98 Å². The van der Waals surface area contributed by atoms with Crippen molar-refractivity contribution in [2.45, 2.75) is 26.4 Å². The molecule has 0 radical (unpaired) electrons. The van der Waals surface area contributed by atoms with E-state index in [1.165, 1.54) is 7.11 Å². The summed E-state index contributed by atoms with van der Waals surface area (Å²) in [7, 11) is 1.52. The van der Waals surface area contributed by atoms with Crippen molar-refractivity contribution in [2.75, 3.05) is 19.5 Å². The summed E-state index contributed by atoms with van der Waals surface area (Å²) in [4.78, 5) is 15.4. The van der Waals surface area contributed by atoms with Crippen LogP contribution in [0.25, 0.3) is 0 Å². The maximum atomic E-state index is 11.4. The maximum absolute atomic E-state index is 11.4. The molecule has 0 aliphatic heterocycles. The quantitative estimate of drug-likeness (QED) is 0.782. The van der Waals surface area contributed by atoms with Crippen molar-refractivity contribution in [3.8, 4) is 0 Å². The fourth-order valence-electron chi connectivity index (χ4n) is 1.02. The number of esters is 1. The first-order valence-electron chi connectivity index (χ1n) is 4.91. The van der Waals surface area contributed by atoms with Crippen molar-refractivity contribution in [1.29, 1.82) is 0 Å². The first-order chi connectivity index (χ1) is 7.42. The number of nitrogens with zero attached hydrogens (tertiary/aromatic N) is 1. The number of anilines is 1. The molecule has 0 aliphatic carbocycles. The molecule has 1 heterocycles. The van der Waals surface area contributed by atoms with Gasteiger partial charge in [0.25, 0.3) is 0 Å². The Hall–Kier alpha value is -1.56. The monoisotopic (exact) mass is 228 g/mol. The first-order valence-corrected chi connectivity index (χ1v) is 4.91. The van der Waals surface area contributed by atoms with Gasteiger partial charge in [-0.15, -0.1) is 0 Å². The SMILES string of the molecule is CCOC(=O)c1nc(C(C)(C)OC)oc1N. The third-order valence-electron chi connectivity index (χ3n) is 2.15. The van der Waals surface area contributed by atoms with Gasteiger partial charge in [0, 0.05) is 7.11 Å². The van der Waals surface area contributed by atoms with Crippen molar-refractivity contribution in [1.82, 2.24) is 4.98 Å². The number of rotatable bonds is 4. The number of nitrogen functional groups attached to an aromatic ring is 1. The topological polar surface area (TPSA) is 87.6 Å². The number of oxazole rings is 1. The molecule has 0 bridgehead atoms. The zero-order chi connectivity index (χ0) is 12.3. The second kappa shape index (κ2) is 4.52. The summed E-state index contributed by atoms with van der Waals surface area (Å²) in [6.45, 7) is 5.47. The summed E-state index contributed by atoms with van der Waals surface area (Å²) in [5.74, 6) is -0.406. The smallest absolute Gasteiger partial charge is 0.362 e. The standard InChI is InChI=1S/C10H16N2O4/c1-5-15-8(13)6-7(11)16-9(12-6)10(2,3)14-4/h5,11H2,1-4H3. The minimum atomic E-state index is -0.737. The number of hydrogen-bond donors (Lipinski definition) is 1. The summed E-state index contributed by atoms with van der Waals surface area (Å²) in [6.07, 6.45) is 0. The summed E-state index contributed by atoms with van der Waals surface area (Å²) in [5, 5.41) is 0. The third kappa shape index (κ3) is 2.33. The molecule has 0 spiro atoms. The van der Waals surface area contributed by atoms with Gasteiger partial charge in [0.1, 0.15) is 5.60 Å². The normalized spacial score (nSPS) is 11.5. The molecule has 0 aromatic carbocycles. The molecule has 90 valence electrons. The Morgan fingerprint density at radius 3 is 2.69 bits per heavy atom. The molecule has 1 rings (SSSR count). The van der Waals surface area contributed by atoms with E-state index in [1.54, 1.807) is 20.8 Å². The Labute approximate surface area is 93.7 Å². The van der Waals surface area contributed by atoms with Gasteiger partial charge in [-0.05, 0) is 20.8 Å². The second-order valence-electron chi connectivity index (χ2n) is 3.67. The van der Waals surface area contributed by atoms with Crippen LogP contribution in [0.3, 0.4) is 0 Å². The highest BCUT2D eigenvalue weighted by Crippen LogP contribution is 2.26.